The molecule has 0 spiro atoms. The normalized spacial score (nSPS) is 13.2. The second-order valence-electron chi connectivity index (χ2n) is 6.08. The van der Waals surface area contributed by atoms with Gasteiger partial charge in [-0.25, -0.2) is 8.42 Å². The molecule has 1 N–H and O–H groups in total. The Labute approximate surface area is 154 Å². The van der Waals surface area contributed by atoms with Crippen molar-refractivity contribution in [2.45, 2.75) is 23.9 Å². The Kier molecular flexibility index (Phi) is 5.79. The van der Waals surface area contributed by atoms with Gasteiger partial charge in [0.1, 0.15) is 10.6 Å². The summed E-state index contributed by atoms with van der Waals surface area (Å²) in [5.41, 5.74) is -0.679. The lowest BCUT2D eigenvalue weighted by Crippen LogP contribution is -2.13. The fraction of sp³-hybridized carbons (Fsp3) is 0.294. The lowest BCUT2D eigenvalue weighted by molar-refractivity contribution is -0.386. The van der Waals surface area contributed by atoms with E-state index in [2.05, 4.69) is 5.32 Å². The highest BCUT2D eigenvalue weighted by Gasteiger charge is 2.30. The number of rotatable bonds is 6. The van der Waals surface area contributed by atoms with Crippen LogP contribution in [0.1, 0.15) is 24.0 Å². The third kappa shape index (κ3) is 4.97. The van der Waals surface area contributed by atoms with Crippen LogP contribution in [-0.4, -0.2) is 26.1 Å². The van der Waals surface area contributed by atoms with Gasteiger partial charge in [0, 0.05) is 12.8 Å². The average molecular weight is 402 g/mol. The zero-order valence-corrected chi connectivity index (χ0v) is 15.3. The summed E-state index contributed by atoms with van der Waals surface area (Å²) in [6, 6.07) is 8.54. The summed E-state index contributed by atoms with van der Waals surface area (Å²) in [6.07, 6.45) is -3.54. The number of hydrogen-bond acceptors (Lipinski definition) is 5. The molecule has 0 aliphatic carbocycles. The van der Waals surface area contributed by atoms with Gasteiger partial charge in [-0.1, -0.05) is 25.1 Å². The highest BCUT2D eigenvalue weighted by Crippen LogP contribution is 2.33. The van der Waals surface area contributed by atoms with Crippen LogP contribution in [0, 0.1) is 10.1 Å². The van der Waals surface area contributed by atoms with Gasteiger partial charge in [-0.3, -0.25) is 10.1 Å². The van der Waals surface area contributed by atoms with Gasteiger partial charge in [0.2, 0.25) is 0 Å². The Hall–Kier alpha value is -2.62. The molecule has 27 heavy (non-hydrogen) atoms. The molecule has 0 saturated heterocycles. The number of benzene rings is 2. The molecule has 1 atom stereocenters. The fourth-order valence-corrected chi connectivity index (χ4v) is 3.40. The molecule has 2 rings (SSSR count). The number of nitrogens with one attached hydrogen (secondary N) is 1. The first-order valence-corrected chi connectivity index (χ1v) is 9.69. The van der Waals surface area contributed by atoms with Crippen LogP contribution in [0.4, 0.5) is 24.5 Å². The third-order valence-electron chi connectivity index (χ3n) is 3.99. The van der Waals surface area contributed by atoms with E-state index in [1.807, 2.05) is 0 Å². The minimum Gasteiger partial charge on any atom is -0.379 e. The van der Waals surface area contributed by atoms with Gasteiger partial charge in [0.25, 0.3) is 0 Å². The van der Waals surface area contributed by atoms with Crippen molar-refractivity contribution in [3.8, 4) is 0 Å². The molecule has 0 aliphatic rings. The first-order valence-electron chi connectivity index (χ1n) is 7.79. The second-order valence-corrected chi connectivity index (χ2v) is 8.07. The molecule has 0 fully saturated rings. The zero-order chi connectivity index (χ0) is 20.4. The van der Waals surface area contributed by atoms with Crippen molar-refractivity contribution in [1.82, 2.24) is 0 Å². The molecule has 146 valence electrons. The summed E-state index contributed by atoms with van der Waals surface area (Å²) in [6.45, 7) is 1.90. The maximum Gasteiger partial charge on any atom is 0.416 e. The Morgan fingerprint density at radius 1 is 1.15 bits per heavy atom. The van der Waals surface area contributed by atoms with E-state index in [1.54, 1.807) is 6.92 Å². The maximum absolute atomic E-state index is 12.6. The summed E-state index contributed by atoms with van der Waals surface area (Å²) in [5.74, 6) is -0.270. The molecule has 10 heteroatoms. The number of alkyl halides is 3. The van der Waals surface area contributed by atoms with Crippen molar-refractivity contribution in [2.24, 2.45) is 0 Å². The number of anilines is 1. The minimum absolute atomic E-state index is 0.0293. The molecule has 0 bridgehead atoms. The number of sulfone groups is 1. The SMILES string of the molecule is CC(CNc1cccc(S(C)(=O)=O)c1[N+](=O)[O-])c1ccc(C(F)(F)F)cc1. The van der Waals surface area contributed by atoms with Crippen LogP contribution in [0.5, 0.6) is 0 Å². The Bertz CT molecular complexity index is 942. The van der Waals surface area contributed by atoms with Crippen molar-refractivity contribution >= 4 is 21.2 Å². The summed E-state index contributed by atoms with van der Waals surface area (Å²) >= 11 is 0. The number of nitro benzene ring substituents is 1. The van der Waals surface area contributed by atoms with Crippen molar-refractivity contribution in [3.05, 3.63) is 63.7 Å². The molecule has 0 amide bonds. The van der Waals surface area contributed by atoms with E-state index in [0.717, 1.165) is 24.5 Å². The predicted octanol–water partition coefficient (Wildman–Crippen LogP) is 4.23. The van der Waals surface area contributed by atoms with Gasteiger partial charge in [0.15, 0.2) is 9.84 Å². The number of hydrogen-bond donors (Lipinski definition) is 1. The van der Waals surface area contributed by atoms with Crippen LogP contribution < -0.4 is 5.32 Å². The Morgan fingerprint density at radius 3 is 2.22 bits per heavy atom. The van der Waals surface area contributed by atoms with E-state index in [-0.39, 0.29) is 18.2 Å². The molecule has 0 saturated carbocycles. The van der Waals surface area contributed by atoms with E-state index in [9.17, 15) is 31.7 Å². The molecule has 0 aliphatic heterocycles. The van der Waals surface area contributed by atoms with Crippen molar-refractivity contribution in [1.29, 1.82) is 0 Å². The first-order chi connectivity index (χ1) is 12.4. The number of halogens is 3. The number of para-hydroxylation sites is 1. The first kappa shape index (κ1) is 20.7. The summed E-state index contributed by atoms with van der Waals surface area (Å²) in [5, 5.41) is 14.2. The van der Waals surface area contributed by atoms with E-state index in [1.165, 1.54) is 24.3 Å². The van der Waals surface area contributed by atoms with Crippen LogP contribution >= 0.6 is 0 Å². The van der Waals surface area contributed by atoms with Crippen molar-refractivity contribution in [2.75, 3.05) is 18.1 Å². The largest absolute Gasteiger partial charge is 0.416 e. The smallest absolute Gasteiger partial charge is 0.379 e. The van der Waals surface area contributed by atoms with Gasteiger partial charge in [-0.05, 0) is 35.7 Å². The Morgan fingerprint density at radius 2 is 1.74 bits per heavy atom. The summed E-state index contributed by atoms with van der Waals surface area (Å²) in [4.78, 5) is 10.2. The fourth-order valence-electron chi connectivity index (χ4n) is 2.53. The lowest BCUT2D eigenvalue weighted by atomic mass is 9.99. The topological polar surface area (TPSA) is 89.3 Å². The van der Waals surface area contributed by atoms with Gasteiger partial charge in [-0.15, -0.1) is 0 Å². The Balaban J connectivity index is 2.22. The van der Waals surface area contributed by atoms with E-state index in [4.69, 9.17) is 0 Å². The molecular weight excluding hydrogens is 385 g/mol. The van der Waals surface area contributed by atoms with Gasteiger partial charge in [0.05, 0.1) is 10.5 Å². The quantitative estimate of drug-likeness (QED) is 0.577. The van der Waals surface area contributed by atoms with Crippen LogP contribution in [0.25, 0.3) is 0 Å². The van der Waals surface area contributed by atoms with Gasteiger partial charge >= 0.3 is 11.9 Å². The molecular formula is C17H17F3N2O4S. The predicted molar refractivity (Wildman–Crippen MR) is 94.6 cm³/mol. The van der Waals surface area contributed by atoms with Crippen LogP contribution in [-0.2, 0) is 16.0 Å². The van der Waals surface area contributed by atoms with Gasteiger partial charge < -0.3 is 5.32 Å². The maximum atomic E-state index is 12.6. The third-order valence-corrected chi connectivity index (χ3v) is 5.12. The number of nitro groups is 1. The van der Waals surface area contributed by atoms with E-state index in [0.29, 0.717) is 5.56 Å². The highest BCUT2D eigenvalue weighted by atomic mass is 32.2. The lowest BCUT2D eigenvalue weighted by Gasteiger charge is -2.16. The summed E-state index contributed by atoms with van der Waals surface area (Å²) in [7, 11) is -3.80. The number of nitrogens with zero attached hydrogens (tertiary/aromatic N) is 1. The highest BCUT2D eigenvalue weighted by molar-refractivity contribution is 7.90. The van der Waals surface area contributed by atoms with Crippen LogP contribution in [0.2, 0.25) is 0 Å². The molecule has 6 nitrogen and oxygen atoms in total. The molecule has 0 radical (unpaired) electrons. The summed E-state index contributed by atoms with van der Waals surface area (Å²) < 4.78 is 61.4. The standard InChI is InChI=1S/C17H17F3N2O4S/c1-11(12-6-8-13(9-7-12)17(18,19)20)10-21-14-4-3-5-15(27(2,25)26)16(14)22(23)24/h3-9,11,21H,10H2,1-2H3. The minimum atomic E-state index is -4.42. The van der Waals surface area contributed by atoms with Crippen LogP contribution in [0.15, 0.2) is 47.4 Å². The van der Waals surface area contributed by atoms with E-state index < -0.39 is 37.1 Å². The van der Waals surface area contributed by atoms with Gasteiger partial charge in [-0.2, -0.15) is 13.2 Å². The zero-order valence-electron chi connectivity index (χ0n) is 14.4. The van der Waals surface area contributed by atoms with Crippen molar-refractivity contribution in [3.63, 3.8) is 0 Å². The second kappa shape index (κ2) is 7.55. The van der Waals surface area contributed by atoms with Crippen LogP contribution in [0.3, 0.4) is 0 Å². The molecule has 0 aromatic heterocycles. The van der Waals surface area contributed by atoms with Crippen molar-refractivity contribution < 1.29 is 26.5 Å². The average Bonchev–Trinajstić information content (AvgIpc) is 2.57. The molecule has 1 unspecified atom stereocenters. The monoisotopic (exact) mass is 402 g/mol. The molecule has 2 aromatic rings. The molecule has 0 heterocycles. The van der Waals surface area contributed by atoms with E-state index >= 15 is 0 Å². The molecule has 2 aromatic carbocycles.